The Morgan fingerprint density at radius 2 is 1.69 bits per heavy atom. The Morgan fingerprint density at radius 1 is 1.06 bits per heavy atom. The number of aromatic amines is 1. The zero-order valence-electron chi connectivity index (χ0n) is 18.7. The van der Waals surface area contributed by atoms with Crippen molar-refractivity contribution in [2.75, 3.05) is 18.1 Å². The molecule has 0 spiro atoms. The van der Waals surface area contributed by atoms with Crippen molar-refractivity contribution in [3.63, 3.8) is 0 Å². The van der Waals surface area contributed by atoms with Crippen LogP contribution in [0.25, 0.3) is 0 Å². The number of ether oxygens (including phenoxy) is 2. The van der Waals surface area contributed by atoms with E-state index < -0.39 is 41.4 Å². The van der Waals surface area contributed by atoms with Crippen LogP contribution in [0.1, 0.15) is 42.2 Å². The molecule has 1 N–H and O–H groups in total. The summed E-state index contributed by atoms with van der Waals surface area (Å²) in [5, 5.41) is 6.67. The number of halogens is 6. The lowest BCUT2D eigenvalue weighted by atomic mass is 9.88. The molecule has 1 aromatic heterocycles. The Kier molecular flexibility index (Phi) is 6.54. The van der Waals surface area contributed by atoms with E-state index >= 15 is 0 Å². The van der Waals surface area contributed by atoms with Gasteiger partial charge in [0.05, 0.1) is 23.8 Å². The average Bonchev–Trinajstić information content (AvgIpc) is 3.34. The molecule has 6 nitrogen and oxygen atoms in total. The Morgan fingerprint density at radius 3 is 2.23 bits per heavy atom. The summed E-state index contributed by atoms with van der Waals surface area (Å²) in [5.41, 5.74) is -3.38. The Labute approximate surface area is 196 Å². The Balaban J connectivity index is 1.73. The molecular formula is C23H22F6N4O2. The first-order valence-electron chi connectivity index (χ1n) is 10.7. The van der Waals surface area contributed by atoms with Gasteiger partial charge in [-0.15, -0.1) is 0 Å². The predicted octanol–water partition coefficient (Wildman–Crippen LogP) is 5.70. The number of hydrogen-bond acceptors (Lipinski definition) is 5. The molecule has 0 aliphatic carbocycles. The highest BCUT2D eigenvalue weighted by Crippen LogP contribution is 2.42. The molecule has 2 aromatic carbocycles. The van der Waals surface area contributed by atoms with Crippen molar-refractivity contribution in [2.45, 2.75) is 44.1 Å². The van der Waals surface area contributed by atoms with Crippen LogP contribution < -0.4 is 4.90 Å². The third-order valence-electron chi connectivity index (χ3n) is 6.03. The summed E-state index contributed by atoms with van der Waals surface area (Å²) < 4.78 is 92.1. The number of aromatic nitrogens is 3. The molecule has 0 bridgehead atoms. The van der Waals surface area contributed by atoms with E-state index in [2.05, 4.69) is 15.2 Å². The summed E-state index contributed by atoms with van der Waals surface area (Å²) in [7, 11) is 0. The predicted molar refractivity (Wildman–Crippen MR) is 113 cm³/mol. The van der Waals surface area contributed by atoms with Gasteiger partial charge in [-0.25, -0.2) is 5.10 Å². The van der Waals surface area contributed by atoms with Crippen LogP contribution in [0.3, 0.4) is 0 Å². The van der Waals surface area contributed by atoms with E-state index in [9.17, 15) is 26.3 Å². The first-order valence-corrected chi connectivity index (χ1v) is 10.7. The molecule has 188 valence electrons. The third kappa shape index (κ3) is 4.98. The maximum absolute atomic E-state index is 13.4. The first-order chi connectivity index (χ1) is 16.4. The smallest absolute Gasteiger partial charge is 0.348 e. The average molecular weight is 500 g/mol. The minimum absolute atomic E-state index is 0.0903. The van der Waals surface area contributed by atoms with E-state index in [-0.39, 0.29) is 18.2 Å². The fourth-order valence-corrected chi connectivity index (χ4v) is 4.14. The highest BCUT2D eigenvalue weighted by atomic mass is 19.4. The molecule has 0 amide bonds. The molecule has 1 aliphatic rings. The summed E-state index contributed by atoms with van der Waals surface area (Å²) >= 11 is 0. The van der Waals surface area contributed by atoms with Crippen molar-refractivity contribution in [3.8, 4) is 0 Å². The van der Waals surface area contributed by atoms with Gasteiger partial charge in [-0.05, 0) is 43.2 Å². The van der Waals surface area contributed by atoms with Crippen molar-refractivity contribution in [1.82, 2.24) is 15.2 Å². The number of rotatable bonds is 5. The van der Waals surface area contributed by atoms with E-state index in [0.29, 0.717) is 24.6 Å². The monoisotopic (exact) mass is 500 g/mol. The highest BCUT2D eigenvalue weighted by molar-refractivity contribution is 5.42. The first kappa shape index (κ1) is 25.0. The van der Waals surface area contributed by atoms with Gasteiger partial charge in [-0.3, -0.25) is 0 Å². The van der Waals surface area contributed by atoms with E-state index in [4.69, 9.17) is 9.47 Å². The second-order valence-electron chi connectivity index (χ2n) is 8.29. The maximum atomic E-state index is 13.4. The normalized spacial score (nSPS) is 22.3. The van der Waals surface area contributed by atoms with Crippen LogP contribution in [0.5, 0.6) is 0 Å². The number of alkyl halides is 6. The molecule has 12 heteroatoms. The summed E-state index contributed by atoms with van der Waals surface area (Å²) in [4.78, 5) is 6.06. The van der Waals surface area contributed by atoms with Crippen LogP contribution in [-0.2, 0) is 27.4 Å². The maximum Gasteiger partial charge on any atom is 0.416 e. The van der Waals surface area contributed by atoms with Crippen molar-refractivity contribution in [1.29, 1.82) is 0 Å². The zero-order valence-corrected chi connectivity index (χ0v) is 18.7. The van der Waals surface area contributed by atoms with Gasteiger partial charge in [0.25, 0.3) is 0 Å². The quantitative estimate of drug-likeness (QED) is 0.456. The Bertz CT molecular complexity index is 1100. The van der Waals surface area contributed by atoms with Crippen molar-refractivity contribution >= 4 is 5.95 Å². The molecular weight excluding hydrogens is 478 g/mol. The number of anilines is 1. The SMILES string of the molecule is CC(O[C@H]1OCCN(c2ncn[nH]2)[C@@]1(C)c1ccccc1)c1cc(C(F)(F)F)cc(C(F)(F)F)c1. The van der Waals surface area contributed by atoms with Crippen LogP contribution >= 0.6 is 0 Å². The van der Waals surface area contributed by atoms with Gasteiger partial charge >= 0.3 is 12.4 Å². The molecule has 1 unspecified atom stereocenters. The van der Waals surface area contributed by atoms with Crippen LogP contribution in [-0.4, -0.2) is 34.6 Å². The van der Waals surface area contributed by atoms with Crippen LogP contribution in [0.15, 0.2) is 54.9 Å². The largest absolute Gasteiger partial charge is 0.416 e. The molecule has 1 fully saturated rings. The molecule has 0 saturated carbocycles. The number of hydrogen-bond donors (Lipinski definition) is 1. The van der Waals surface area contributed by atoms with Crippen molar-refractivity contribution in [3.05, 3.63) is 77.1 Å². The second kappa shape index (κ2) is 9.15. The number of nitrogens with zero attached hydrogens (tertiary/aromatic N) is 3. The standard InChI is InChI=1S/C23H22F6N4O2/c1-14(15-10-17(22(24,25)26)12-18(11-15)23(27,28)29)35-19-21(2,16-6-4-3-5-7-16)33(8-9-34-19)20-30-13-31-32-20/h3-7,10-14,19H,8-9H2,1-2H3,(H,30,31,32)/t14?,19-,21+/m1/s1. The van der Waals surface area contributed by atoms with Crippen LogP contribution in [0.4, 0.5) is 32.3 Å². The van der Waals surface area contributed by atoms with Gasteiger partial charge in [0.2, 0.25) is 5.95 Å². The number of H-pyrrole nitrogens is 1. The van der Waals surface area contributed by atoms with Gasteiger partial charge in [0.15, 0.2) is 6.29 Å². The van der Waals surface area contributed by atoms with Gasteiger partial charge in [-0.2, -0.15) is 36.4 Å². The molecule has 0 radical (unpaired) electrons. The minimum Gasteiger partial charge on any atom is -0.348 e. The topological polar surface area (TPSA) is 63.3 Å². The third-order valence-corrected chi connectivity index (χ3v) is 6.03. The minimum atomic E-state index is -4.96. The summed E-state index contributed by atoms with van der Waals surface area (Å²) in [6, 6.07) is 10.5. The van der Waals surface area contributed by atoms with Gasteiger partial charge < -0.3 is 14.4 Å². The Hall–Kier alpha value is -3.12. The molecule has 2 heterocycles. The number of benzene rings is 2. The molecule has 1 saturated heterocycles. The number of nitrogens with one attached hydrogen (secondary N) is 1. The molecule has 1 aliphatic heterocycles. The lowest BCUT2D eigenvalue weighted by molar-refractivity contribution is -0.217. The van der Waals surface area contributed by atoms with Crippen LogP contribution in [0.2, 0.25) is 0 Å². The molecule has 3 aromatic rings. The van der Waals surface area contributed by atoms with E-state index in [1.165, 1.54) is 13.3 Å². The fourth-order valence-electron chi connectivity index (χ4n) is 4.14. The van der Waals surface area contributed by atoms with Gasteiger partial charge in [-0.1, -0.05) is 30.3 Å². The summed E-state index contributed by atoms with van der Waals surface area (Å²) in [6.45, 7) is 3.75. The lowest BCUT2D eigenvalue weighted by Crippen LogP contribution is -2.60. The lowest BCUT2D eigenvalue weighted by Gasteiger charge is -2.49. The van der Waals surface area contributed by atoms with E-state index in [0.717, 1.165) is 5.56 Å². The van der Waals surface area contributed by atoms with Gasteiger partial charge in [0, 0.05) is 6.54 Å². The summed E-state index contributed by atoms with van der Waals surface area (Å²) in [5.74, 6) is 0.416. The van der Waals surface area contributed by atoms with E-state index in [1.807, 2.05) is 23.1 Å². The molecule has 35 heavy (non-hydrogen) atoms. The van der Waals surface area contributed by atoms with E-state index in [1.54, 1.807) is 19.1 Å². The molecule has 3 atom stereocenters. The van der Waals surface area contributed by atoms with Crippen molar-refractivity contribution < 1.29 is 35.8 Å². The van der Waals surface area contributed by atoms with Crippen molar-refractivity contribution in [2.24, 2.45) is 0 Å². The second-order valence-corrected chi connectivity index (χ2v) is 8.29. The van der Waals surface area contributed by atoms with Gasteiger partial charge in [0.1, 0.15) is 11.9 Å². The summed E-state index contributed by atoms with van der Waals surface area (Å²) in [6.07, 6.45) is -10.8. The fraction of sp³-hybridized carbons (Fsp3) is 0.391. The highest BCUT2D eigenvalue weighted by Gasteiger charge is 2.48. The zero-order chi connectivity index (χ0) is 25.4. The number of morpholine rings is 1. The van der Waals surface area contributed by atoms with Crippen LogP contribution in [0, 0.1) is 0 Å². The molecule has 4 rings (SSSR count).